The monoisotopic (exact) mass is 298 g/mol. The first-order valence-electron chi connectivity index (χ1n) is 6.08. The third kappa shape index (κ3) is 4.30. The van der Waals surface area contributed by atoms with Gasteiger partial charge in [-0.3, -0.25) is 0 Å². The quantitative estimate of drug-likeness (QED) is 0.780. The maximum atomic E-state index is 13.0. The number of alkyl halides is 3. The van der Waals surface area contributed by atoms with E-state index in [1.54, 1.807) is 18.2 Å². The normalized spacial score (nSPS) is 12.6. The van der Waals surface area contributed by atoms with Crippen molar-refractivity contribution in [3.63, 3.8) is 0 Å². The smallest absolute Gasteiger partial charge is 0.464 e. The molecule has 2 rings (SSSR count). The van der Waals surface area contributed by atoms with Crippen molar-refractivity contribution in [3.8, 4) is 17.2 Å². The SMILES string of the molecule is COc1ccc(OC(Oc2ccccc2)C(F)(F)F)cc1. The van der Waals surface area contributed by atoms with E-state index in [0.717, 1.165) is 0 Å². The molecule has 1 unspecified atom stereocenters. The fraction of sp³-hybridized carbons (Fsp3) is 0.200. The summed E-state index contributed by atoms with van der Waals surface area (Å²) < 4.78 is 53.6. The highest BCUT2D eigenvalue weighted by molar-refractivity contribution is 5.31. The molecular weight excluding hydrogens is 285 g/mol. The maximum absolute atomic E-state index is 13.0. The minimum absolute atomic E-state index is 0.0362. The van der Waals surface area contributed by atoms with Crippen LogP contribution in [0.1, 0.15) is 0 Å². The van der Waals surface area contributed by atoms with Crippen LogP contribution >= 0.6 is 0 Å². The zero-order chi connectivity index (χ0) is 15.3. The molecule has 6 heteroatoms. The summed E-state index contributed by atoms with van der Waals surface area (Å²) in [5.74, 6) is 0.636. The van der Waals surface area contributed by atoms with Gasteiger partial charge in [-0.1, -0.05) is 18.2 Å². The summed E-state index contributed by atoms with van der Waals surface area (Å²) in [6.45, 7) is 0. The zero-order valence-electron chi connectivity index (χ0n) is 11.1. The Balaban J connectivity index is 2.13. The number of methoxy groups -OCH3 is 1. The largest absolute Gasteiger partial charge is 0.497 e. The van der Waals surface area contributed by atoms with Crippen LogP contribution in [-0.4, -0.2) is 19.6 Å². The molecular formula is C15H13F3O3. The maximum Gasteiger partial charge on any atom is 0.464 e. The molecule has 0 bridgehead atoms. The summed E-state index contributed by atoms with van der Waals surface area (Å²) in [5, 5.41) is 0. The van der Waals surface area contributed by atoms with Crippen molar-refractivity contribution in [2.24, 2.45) is 0 Å². The minimum atomic E-state index is -4.66. The van der Waals surface area contributed by atoms with Gasteiger partial charge < -0.3 is 14.2 Å². The van der Waals surface area contributed by atoms with E-state index in [1.807, 2.05) is 0 Å². The lowest BCUT2D eigenvalue weighted by atomic mass is 10.3. The van der Waals surface area contributed by atoms with E-state index in [1.165, 1.54) is 43.5 Å². The Morgan fingerprint density at radius 2 is 1.24 bits per heavy atom. The highest BCUT2D eigenvalue weighted by Gasteiger charge is 2.44. The predicted molar refractivity (Wildman–Crippen MR) is 70.5 cm³/mol. The van der Waals surface area contributed by atoms with Crippen LogP contribution in [0, 0.1) is 0 Å². The number of rotatable bonds is 5. The summed E-state index contributed by atoms with van der Waals surface area (Å²) in [5.41, 5.74) is 0. The molecule has 0 saturated heterocycles. The molecule has 2 aromatic rings. The van der Waals surface area contributed by atoms with E-state index >= 15 is 0 Å². The van der Waals surface area contributed by atoms with Gasteiger partial charge in [0.05, 0.1) is 7.11 Å². The molecule has 0 amide bonds. The number of hydrogen-bond acceptors (Lipinski definition) is 3. The average molecular weight is 298 g/mol. The third-order valence-electron chi connectivity index (χ3n) is 2.56. The second-order valence-corrected chi connectivity index (χ2v) is 4.10. The molecule has 21 heavy (non-hydrogen) atoms. The van der Waals surface area contributed by atoms with E-state index in [2.05, 4.69) is 0 Å². The van der Waals surface area contributed by atoms with Crippen LogP contribution in [0.5, 0.6) is 17.2 Å². The first kappa shape index (κ1) is 15.0. The number of ether oxygens (including phenoxy) is 3. The van der Waals surface area contributed by atoms with Crippen LogP contribution in [0.4, 0.5) is 13.2 Å². The molecule has 0 heterocycles. The summed E-state index contributed by atoms with van der Waals surface area (Å²) in [6, 6.07) is 13.5. The van der Waals surface area contributed by atoms with E-state index in [4.69, 9.17) is 14.2 Å². The van der Waals surface area contributed by atoms with Crippen molar-refractivity contribution in [1.29, 1.82) is 0 Å². The highest BCUT2D eigenvalue weighted by atomic mass is 19.4. The van der Waals surface area contributed by atoms with Gasteiger partial charge in [0.2, 0.25) is 0 Å². The van der Waals surface area contributed by atoms with Crippen LogP contribution in [0.25, 0.3) is 0 Å². The number of benzene rings is 2. The van der Waals surface area contributed by atoms with Crippen molar-refractivity contribution in [2.45, 2.75) is 12.5 Å². The van der Waals surface area contributed by atoms with Crippen LogP contribution < -0.4 is 14.2 Å². The molecule has 0 aliphatic rings. The Bertz CT molecular complexity index is 553. The van der Waals surface area contributed by atoms with Crippen molar-refractivity contribution < 1.29 is 27.4 Å². The Hall–Kier alpha value is -2.37. The molecule has 0 radical (unpaired) electrons. The number of hydrogen-bond donors (Lipinski definition) is 0. The molecule has 112 valence electrons. The van der Waals surface area contributed by atoms with Crippen molar-refractivity contribution in [3.05, 3.63) is 54.6 Å². The lowest BCUT2D eigenvalue weighted by molar-refractivity contribution is -0.254. The van der Waals surface area contributed by atoms with Gasteiger partial charge in [-0.15, -0.1) is 0 Å². The van der Waals surface area contributed by atoms with Gasteiger partial charge in [0.15, 0.2) is 0 Å². The molecule has 3 nitrogen and oxygen atoms in total. The summed E-state index contributed by atoms with van der Waals surface area (Å²) >= 11 is 0. The molecule has 2 aromatic carbocycles. The van der Waals surface area contributed by atoms with Crippen molar-refractivity contribution >= 4 is 0 Å². The lowest BCUT2D eigenvalue weighted by Gasteiger charge is -2.22. The summed E-state index contributed by atoms with van der Waals surface area (Å²) in [7, 11) is 1.47. The van der Waals surface area contributed by atoms with E-state index in [9.17, 15) is 13.2 Å². The fourth-order valence-corrected chi connectivity index (χ4v) is 1.56. The predicted octanol–water partition coefficient (Wildman–Crippen LogP) is 4.04. The number of halogens is 3. The van der Waals surface area contributed by atoms with Crippen LogP contribution in [0.15, 0.2) is 54.6 Å². The van der Waals surface area contributed by atoms with Gasteiger partial charge in [0.25, 0.3) is 0 Å². The Kier molecular flexibility index (Phi) is 4.57. The topological polar surface area (TPSA) is 27.7 Å². The second-order valence-electron chi connectivity index (χ2n) is 4.10. The van der Waals surface area contributed by atoms with E-state index in [-0.39, 0.29) is 11.5 Å². The van der Waals surface area contributed by atoms with Gasteiger partial charge in [0, 0.05) is 0 Å². The van der Waals surface area contributed by atoms with Crippen LogP contribution in [0.2, 0.25) is 0 Å². The van der Waals surface area contributed by atoms with Gasteiger partial charge in [-0.05, 0) is 36.4 Å². The lowest BCUT2D eigenvalue weighted by Crippen LogP contribution is -2.39. The molecule has 0 fully saturated rings. The van der Waals surface area contributed by atoms with Crippen LogP contribution in [-0.2, 0) is 0 Å². The van der Waals surface area contributed by atoms with Crippen LogP contribution in [0.3, 0.4) is 0 Å². The molecule has 1 atom stereocenters. The molecule has 0 spiro atoms. The molecule has 0 saturated carbocycles. The van der Waals surface area contributed by atoms with Crippen molar-refractivity contribution in [1.82, 2.24) is 0 Å². The first-order valence-corrected chi connectivity index (χ1v) is 6.08. The Morgan fingerprint density at radius 3 is 1.71 bits per heavy atom. The molecule has 0 aliphatic carbocycles. The van der Waals surface area contributed by atoms with Gasteiger partial charge in [-0.25, -0.2) is 0 Å². The van der Waals surface area contributed by atoms with Gasteiger partial charge >= 0.3 is 12.5 Å². The summed E-state index contributed by atoms with van der Waals surface area (Å²) in [4.78, 5) is 0. The van der Waals surface area contributed by atoms with Gasteiger partial charge in [-0.2, -0.15) is 13.2 Å². The standard InChI is InChI=1S/C15H13F3O3/c1-19-11-7-9-13(10-8-11)21-14(15(16,17)18)20-12-5-3-2-4-6-12/h2-10,14H,1H3. The first-order chi connectivity index (χ1) is 9.99. The number of para-hydroxylation sites is 1. The Labute approximate surface area is 119 Å². The minimum Gasteiger partial charge on any atom is -0.497 e. The molecule has 0 aliphatic heterocycles. The van der Waals surface area contributed by atoms with Crippen molar-refractivity contribution in [2.75, 3.05) is 7.11 Å². The summed E-state index contributed by atoms with van der Waals surface area (Å²) in [6.07, 6.45) is -7.04. The second kappa shape index (κ2) is 6.39. The third-order valence-corrected chi connectivity index (χ3v) is 2.56. The highest BCUT2D eigenvalue weighted by Crippen LogP contribution is 2.28. The molecule has 0 N–H and O–H groups in total. The zero-order valence-corrected chi connectivity index (χ0v) is 11.1. The molecule has 0 aromatic heterocycles. The fourth-order valence-electron chi connectivity index (χ4n) is 1.56. The Morgan fingerprint density at radius 1 is 0.762 bits per heavy atom. The van der Waals surface area contributed by atoms with Gasteiger partial charge in [0.1, 0.15) is 17.2 Å². The van der Waals surface area contributed by atoms with E-state index in [0.29, 0.717) is 5.75 Å². The van der Waals surface area contributed by atoms with E-state index < -0.39 is 12.5 Å². The average Bonchev–Trinajstić information content (AvgIpc) is 2.47.